The normalized spacial score (nSPS) is 30.6. The van der Waals surface area contributed by atoms with Gasteiger partial charge in [-0.25, -0.2) is 0 Å². The zero-order valence-electron chi connectivity index (χ0n) is 10.5. The van der Waals surface area contributed by atoms with E-state index in [-0.39, 0.29) is 24.1 Å². The molecule has 4 nitrogen and oxygen atoms in total. The maximum absolute atomic E-state index is 11.7. The quantitative estimate of drug-likeness (QED) is 0.714. The van der Waals surface area contributed by atoms with Gasteiger partial charge in [0.2, 0.25) is 5.91 Å². The smallest absolute Gasteiger partial charge is 0.220 e. The molecule has 1 fully saturated rings. The molecule has 0 saturated heterocycles. The average molecular weight is 228 g/mol. The number of hydrogen-bond acceptors (Lipinski definition) is 3. The molecule has 94 valence electrons. The Bertz CT molecular complexity index is 231. The van der Waals surface area contributed by atoms with E-state index in [1.807, 2.05) is 6.92 Å². The predicted octanol–water partition coefficient (Wildman–Crippen LogP) is 1.04. The molecule has 0 aliphatic heterocycles. The van der Waals surface area contributed by atoms with Crippen molar-refractivity contribution in [3.8, 4) is 0 Å². The maximum atomic E-state index is 11.7. The van der Waals surface area contributed by atoms with Crippen LogP contribution in [-0.4, -0.2) is 30.7 Å². The van der Waals surface area contributed by atoms with Crippen LogP contribution in [0.1, 0.15) is 40.0 Å². The zero-order chi connectivity index (χ0) is 12.1. The van der Waals surface area contributed by atoms with Crippen LogP contribution in [0.25, 0.3) is 0 Å². The van der Waals surface area contributed by atoms with Gasteiger partial charge in [-0.05, 0) is 19.3 Å². The van der Waals surface area contributed by atoms with E-state index in [1.54, 1.807) is 0 Å². The van der Waals surface area contributed by atoms with Crippen molar-refractivity contribution in [1.82, 2.24) is 5.32 Å². The highest BCUT2D eigenvalue weighted by molar-refractivity contribution is 5.76. The molecule has 1 rings (SSSR count). The summed E-state index contributed by atoms with van der Waals surface area (Å²) < 4.78 is 5.50. The summed E-state index contributed by atoms with van der Waals surface area (Å²) in [7, 11) is 0. The van der Waals surface area contributed by atoms with E-state index < -0.39 is 0 Å². The molecule has 1 aliphatic rings. The third-order valence-corrected chi connectivity index (χ3v) is 3.31. The molecule has 16 heavy (non-hydrogen) atoms. The van der Waals surface area contributed by atoms with Crippen molar-refractivity contribution in [2.45, 2.75) is 58.2 Å². The minimum atomic E-state index is 0.0107. The van der Waals surface area contributed by atoms with Crippen LogP contribution in [0.2, 0.25) is 0 Å². The van der Waals surface area contributed by atoms with E-state index in [2.05, 4.69) is 19.2 Å². The number of nitrogens with one attached hydrogen (secondary N) is 1. The van der Waals surface area contributed by atoms with Gasteiger partial charge in [0.15, 0.2) is 0 Å². The fraction of sp³-hybridized carbons (Fsp3) is 0.917. The minimum Gasteiger partial charge on any atom is -0.376 e. The fourth-order valence-corrected chi connectivity index (χ4v) is 1.93. The van der Waals surface area contributed by atoms with Crippen LogP contribution in [0.15, 0.2) is 0 Å². The van der Waals surface area contributed by atoms with Crippen LogP contribution < -0.4 is 11.1 Å². The predicted molar refractivity (Wildman–Crippen MR) is 64.0 cm³/mol. The largest absolute Gasteiger partial charge is 0.376 e. The molecular weight excluding hydrogens is 204 g/mol. The molecule has 0 heterocycles. The Kier molecular flexibility index (Phi) is 5.22. The summed E-state index contributed by atoms with van der Waals surface area (Å²) in [6, 6.07) is 0.0638. The third kappa shape index (κ3) is 3.46. The van der Waals surface area contributed by atoms with E-state index in [0.717, 1.165) is 12.8 Å². The van der Waals surface area contributed by atoms with Gasteiger partial charge in [-0.1, -0.05) is 20.3 Å². The Balaban J connectivity index is 2.32. The number of amides is 1. The average Bonchev–Trinajstić information content (AvgIpc) is 2.25. The maximum Gasteiger partial charge on any atom is 0.220 e. The summed E-state index contributed by atoms with van der Waals surface area (Å²) in [5.41, 5.74) is 5.86. The number of hydrogen-bond donors (Lipinski definition) is 2. The highest BCUT2D eigenvalue weighted by Gasteiger charge is 2.40. The Hall–Kier alpha value is -0.610. The highest BCUT2D eigenvalue weighted by atomic mass is 16.5. The molecule has 0 spiro atoms. The molecule has 1 aliphatic carbocycles. The summed E-state index contributed by atoms with van der Waals surface area (Å²) in [4.78, 5) is 11.7. The Morgan fingerprint density at radius 3 is 2.75 bits per heavy atom. The van der Waals surface area contributed by atoms with Crippen molar-refractivity contribution in [3.05, 3.63) is 0 Å². The summed E-state index contributed by atoms with van der Waals surface area (Å²) in [6.07, 6.45) is 2.57. The first-order chi connectivity index (χ1) is 7.58. The summed E-state index contributed by atoms with van der Waals surface area (Å²) >= 11 is 0. The SMILES string of the molecule is CCOC1CC(N)C1NC(=O)CC(C)CC. The number of nitrogens with two attached hydrogens (primary N) is 1. The Morgan fingerprint density at radius 2 is 2.25 bits per heavy atom. The molecule has 4 unspecified atom stereocenters. The highest BCUT2D eigenvalue weighted by Crippen LogP contribution is 2.22. The van der Waals surface area contributed by atoms with Crippen LogP contribution >= 0.6 is 0 Å². The molecule has 0 radical (unpaired) electrons. The van der Waals surface area contributed by atoms with Crippen LogP contribution in [0, 0.1) is 5.92 Å². The van der Waals surface area contributed by atoms with Gasteiger partial charge in [-0.15, -0.1) is 0 Å². The molecule has 1 amide bonds. The van der Waals surface area contributed by atoms with Crippen molar-refractivity contribution >= 4 is 5.91 Å². The first-order valence-electron chi connectivity index (χ1n) is 6.25. The summed E-state index contributed by atoms with van der Waals surface area (Å²) in [5.74, 6) is 0.529. The van der Waals surface area contributed by atoms with Crippen LogP contribution in [0.5, 0.6) is 0 Å². The van der Waals surface area contributed by atoms with E-state index in [9.17, 15) is 4.79 Å². The van der Waals surface area contributed by atoms with Crippen molar-refractivity contribution in [1.29, 1.82) is 0 Å². The first-order valence-corrected chi connectivity index (χ1v) is 6.25. The lowest BCUT2D eigenvalue weighted by molar-refractivity contribution is -0.126. The first kappa shape index (κ1) is 13.5. The topological polar surface area (TPSA) is 64.3 Å². The Labute approximate surface area is 97.9 Å². The lowest BCUT2D eigenvalue weighted by Crippen LogP contribution is -2.64. The van der Waals surface area contributed by atoms with Gasteiger partial charge in [0.1, 0.15) is 0 Å². The lowest BCUT2D eigenvalue weighted by Gasteiger charge is -2.42. The minimum absolute atomic E-state index is 0.0107. The Morgan fingerprint density at radius 1 is 1.56 bits per heavy atom. The molecule has 0 bridgehead atoms. The van der Waals surface area contributed by atoms with Gasteiger partial charge < -0.3 is 15.8 Å². The van der Waals surface area contributed by atoms with E-state index >= 15 is 0 Å². The van der Waals surface area contributed by atoms with E-state index in [0.29, 0.717) is 18.9 Å². The van der Waals surface area contributed by atoms with Crippen LogP contribution in [0.3, 0.4) is 0 Å². The van der Waals surface area contributed by atoms with Crippen molar-refractivity contribution in [2.24, 2.45) is 11.7 Å². The van der Waals surface area contributed by atoms with Gasteiger partial charge in [-0.2, -0.15) is 0 Å². The van der Waals surface area contributed by atoms with Crippen molar-refractivity contribution in [3.63, 3.8) is 0 Å². The second-order valence-corrected chi connectivity index (χ2v) is 4.70. The molecule has 3 N–H and O–H groups in total. The number of rotatable bonds is 6. The molecule has 0 aromatic rings. The van der Waals surface area contributed by atoms with Crippen LogP contribution in [0.4, 0.5) is 0 Å². The van der Waals surface area contributed by atoms with Crippen molar-refractivity contribution in [2.75, 3.05) is 6.61 Å². The van der Waals surface area contributed by atoms with Gasteiger partial charge >= 0.3 is 0 Å². The summed E-state index contributed by atoms with van der Waals surface area (Å²) in [5, 5.41) is 2.98. The fourth-order valence-electron chi connectivity index (χ4n) is 1.93. The van der Waals surface area contributed by atoms with E-state index in [1.165, 1.54) is 0 Å². The second kappa shape index (κ2) is 6.21. The molecule has 4 heteroatoms. The number of ether oxygens (including phenoxy) is 1. The monoisotopic (exact) mass is 228 g/mol. The van der Waals surface area contributed by atoms with Gasteiger partial charge in [0.05, 0.1) is 12.1 Å². The molecule has 0 aromatic carbocycles. The standard InChI is InChI=1S/C12H24N2O2/c1-4-8(3)6-11(15)14-12-9(13)7-10(12)16-5-2/h8-10,12H,4-7,13H2,1-3H3,(H,14,15). The van der Waals surface area contributed by atoms with Gasteiger partial charge in [0, 0.05) is 19.1 Å². The molecule has 1 saturated carbocycles. The van der Waals surface area contributed by atoms with Crippen LogP contribution in [-0.2, 0) is 9.53 Å². The molecule has 4 atom stereocenters. The van der Waals surface area contributed by atoms with E-state index in [4.69, 9.17) is 10.5 Å². The number of carbonyl (C=O) groups excluding carboxylic acids is 1. The summed E-state index contributed by atoms with van der Waals surface area (Å²) in [6.45, 7) is 6.81. The second-order valence-electron chi connectivity index (χ2n) is 4.70. The van der Waals surface area contributed by atoms with Gasteiger partial charge in [-0.3, -0.25) is 4.79 Å². The van der Waals surface area contributed by atoms with Gasteiger partial charge in [0.25, 0.3) is 0 Å². The third-order valence-electron chi connectivity index (χ3n) is 3.31. The number of carbonyl (C=O) groups is 1. The lowest BCUT2D eigenvalue weighted by atomic mass is 9.83. The zero-order valence-corrected chi connectivity index (χ0v) is 10.5. The molecular formula is C12H24N2O2. The van der Waals surface area contributed by atoms with Crippen molar-refractivity contribution < 1.29 is 9.53 Å². The molecule has 0 aromatic heterocycles.